The SMILES string of the molecule is C#C[C@]1(COC(=O)OCCCC23CC4CC(CC(C4)C2)C3)O[C@@H](n2cnc3c(N)nc(F)nc32)C[C@H]1C(C)OC(=O)OC(C)[C@@H]1C[C@H](n2cnc3c(N)nc(F)nc32)O[C@]1(C#C)COC(=O)OCCCC12CC3CC(CC(C3)C1)C2. The number of anilines is 2. The lowest BCUT2D eigenvalue weighted by Crippen LogP contribution is -2.47. The molecule has 6 heterocycles. The smallest absolute Gasteiger partial charge is 0.434 e. The van der Waals surface area contributed by atoms with Crippen molar-refractivity contribution in [3.63, 3.8) is 0 Å². The second-order valence-corrected chi connectivity index (χ2v) is 25.0. The van der Waals surface area contributed by atoms with Crippen molar-refractivity contribution in [2.45, 2.75) is 165 Å². The molecule has 80 heavy (non-hydrogen) atoms. The van der Waals surface area contributed by atoms with E-state index in [0.29, 0.717) is 23.7 Å². The zero-order chi connectivity index (χ0) is 55.7. The van der Waals surface area contributed by atoms with Crippen molar-refractivity contribution in [2.24, 2.45) is 58.2 Å². The van der Waals surface area contributed by atoms with E-state index in [1.54, 1.807) is 13.8 Å². The number of nitrogens with two attached hydrogens (primary N) is 2. The summed E-state index contributed by atoms with van der Waals surface area (Å²) in [5.41, 5.74) is 9.35. The van der Waals surface area contributed by atoms with Crippen LogP contribution in [0.4, 0.5) is 34.8 Å². The van der Waals surface area contributed by atoms with Gasteiger partial charge in [-0.3, -0.25) is 9.13 Å². The highest BCUT2D eigenvalue weighted by atomic mass is 19.1. The summed E-state index contributed by atoms with van der Waals surface area (Å²) in [4.78, 5) is 64.3. The average molecular weight is 1110 g/mol. The second kappa shape index (κ2) is 21.1. The zero-order valence-corrected chi connectivity index (χ0v) is 45.3. The number of aromatic nitrogens is 8. The summed E-state index contributed by atoms with van der Waals surface area (Å²) >= 11 is 0. The standard InChI is InChI=1S/C57H70F2N10O11/c1-5-56(27-75-51(70)73-11-7-9-54-21-33-13-34(22-54)15-35(14-33)23-54)39(19-41(79-56)68-29-62-43-45(60)64-49(58)66-47(43)68)31(3)77-53(72)78-32(4)40-20-42(69-30-63-44-46(61)65-50(59)67-48(44)69)80-57(40,6-2)28-76-52(71)74-12-8-10-55-24-36-16-37(25-55)18-38(17-36)26-55/h1-2,29-42H,7-28H2,3-4H3,(H2,60,64,66)(H2,61,65,67)/t31?,32?,33?,34?,35?,36?,37?,38?,39-,40-,41+,42+,54?,55?,56+,57+/m0/s1. The van der Waals surface area contributed by atoms with E-state index < -0.39 is 91.5 Å². The first-order valence-corrected chi connectivity index (χ1v) is 28.5. The lowest BCUT2D eigenvalue weighted by atomic mass is 9.48. The molecule has 2 saturated heterocycles. The minimum atomic E-state index is -1.76. The zero-order valence-electron chi connectivity index (χ0n) is 45.3. The fourth-order valence-electron chi connectivity index (χ4n) is 17.3. The van der Waals surface area contributed by atoms with Gasteiger partial charge in [-0.1, -0.05) is 11.8 Å². The van der Waals surface area contributed by atoms with Crippen LogP contribution in [0.5, 0.6) is 0 Å². The van der Waals surface area contributed by atoms with Crippen molar-refractivity contribution in [3.8, 4) is 24.7 Å². The molecule has 0 aromatic carbocycles. The van der Waals surface area contributed by atoms with Crippen molar-refractivity contribution < 1.29 is 61.1 Å². The molecule has 0 spiro atoms. The number of ether oxygens (including phenoxy) is 8. The lowest BCUT2D eigenvalue weighted by Gasteiger charge is -2.57. The fourth-order valence-corrected chi connectivity index (χ4v) is 17.3. The van der Waals surface area contributed by atoms with Crippen LogP contribution in [0.15, 0.2) is 12.7 Å². The first kappa shape index (κ1) is 54.0. The van der Waals surface area contributed by atoms with Gasteiger partial charge >= 0.3 is 30.6 Å². The second-order valence-electron chi connectivity index (χ2n) is 25.0. The Labute approximate surface area is 462 Å². The van der Waals surface area contributed by atoms with Gasteiger partial charge in [-0.15, -0.1) is 12.8 Å². The van der Waals surface area contributed by atoms with E-state index in [4.69, 9.17) is 62.2 Å². The van der Waals surface area contributed by atoms with Crippen LogP contribution in [0.2, 0.25) is 0 Å². The van der Waals surface area contributed by atoms with E-state index in [1.807, 2.05) is 0 Å². The molecule has 8 aliphatic carbocycles. The van der Waals surface area contributed by atoms with Gasteiger partial charge in [0.2, 0.25) is 0 Å². The highest BCUT2D eigenvalue weighted by Gasteiger charge is 2.57. The Balaban J connectivity index is 0.720. The molecule has 2 unspecified atom stereocenters. The molecule has 21 nitrogen and oxygen atoms in total. The predicted octanol–water partition coefficient (Wildman–Crippen LogP) is 9.15. The molecular formula is C57H70F2N10O11. The molecule has 4 aromatic rings. The minimum Gasteiger partial charge on any atom is -0.434 e. The molecule has 10 aliphatic rings. The summed E-state index contributed by atoms with van der Waals surface area (Å²) in [6.07, 6.45) is 24.7. The summed E-state index contributed by atoms with van der Waals surface area (Å²) in [6.45, 7) is 2.44. The van der Waals surface area contributed by atoms with Crippen LogP contribution >= 0.6 is 0 Å². The Hall–Kier alpha value is -6.59. The number of halogens is 2. The van der Waals surface area contributed by atoms with Gasteiger partial charge in [-0.2, -0.15) is 28.7 Å². The molecule has 2 aliphatic heterocycles. The number of rotatable bonds is 18. The normalized spacial score (nSPS) is 35.2. The first-order chi connectivity index (χ1) is 38.4. The molecule has 4 N–H and O–H groups in total. The molecular weight excluding hydrogens is 1040 g/mol. The van der Waals surface area contributed by atoms with E-state index in [2.05, 4.69) is 41.7 Å². The maximum Gasteiger partial charge on any atom is 0.508 e. The monoisotopic (exact) mass is 1110 g/mol. The highest BCUT2D eigenvalue weighted by Crippen LogP contribution is 2.63. The Morgan fingerprint density at radius 2 is 0.963 bits per heavy atom. The number of carbonyl (C=O) groups excluding carboxylic acids is 3. The Morgan fingerprint density at radius 1 is 0.600 bits per heavy atom. The fraction of sp³-hybridized carbons (Fsp3) is 0.702. The van der Waals surface area contributed by atoms with E-state index in [9.17, 15) is 23.2 Å². The maximum atomic E-state index is 14.6. The number of imidazole rings is 2. The molecule has 8 bridgehead atoms. The van der Waals surface area contributed by atoms with E-state index in [1.165, 1.54) is 98.8 Å². The van der Waals surface area contributed by atoms with Crippen LogP contribution in [0.3, 0.4) is 0 Å². The van der Waals surface area contributed by atoms with E-state index >= 15 is 0 Å². The van der Waals surface area contributed by atoms with Crippen molar-refractivity contribution in [1.82, 2.24) is 39.0 Å². The Morgan fingerprint density at radius 3 is 1.31 bits per heavy atom. The Bertz CT molecular complexity index is 2850. The van der Waals surface area contributed by atoms with Crippen LogP contribution < -0.4 is 11.5 Å². The average Bonchev–Trinajstić information content (AvgIpc) is 4.26. The molecule has 14 rings (SSSR count). The van der Waals surface area contributed by atoms with Gasteiger partial charge < -0.3 is 49.4 Å². The van der Waals surface area contributed by atoms with Gasteiger partial charge in [-0.05, 0) is 163 Å². The third kappa shape index (κ3) is 10.3. The molecule has 428 valence electrons. The van der Waals surface area contributed by atoms with Crippen LogP contribution in [0, 0.1) is 95.0 Å². The molecule has 23 heteroatoms. The third-order valence-electron chi connectivity index (χ3n) is 19.7. The summed E-state index contributed by atoms with van der Waals surface area (Å²) in [5, 5.41) is 0. The molecule has 0 radical (unpaired) electrons. The van der Waals surface area contributed by atoms with E-state index in [0.717, 1.165) is 48.3 Å². The summed E-state index contributed by atoms with van der Waals surface area (Å²) < 4.78 is 79.7. The van der Waals surface area contributed by atoms with Gasteiger partial charge in [0.1, 0.15) is 37.9 Å². The molecule has 8 atom stereocenters. The molecule has 10 fully saturated rings. The number of terminal acetylenes is 2. The summed E-state index contributed by atoms with van der Waals surface area (Å²) in [7, 11) is 0. The number of hydrogen-bond acceptors (Lipinski definition) is 19. The summed E-state index contributed by atoms with van der Waals surface area (Å²) in [6, 6.07) is 0. The number of carbonyl (C=O) groups is 3. The Kier molecular flexibility index (Phi) is 14.2. The van der Waals surface area contributed by atoms with Crippen LogP contribution in [-0.4, -0.2) is 107 Å². The van der Waals surface area contributed by atoms with Gasteiger partial charge in [0.05, 0.1) is 25.9 Å². The van der Waals surface area contributed by atoms with E-state index in [-0.39, 0.29) is 60.0 Å². The molecule has 0 amide bonds. The van der Waals surface area contributed by atoms with Gasteiger partial charge in [0.15, 0.2) is 45.2 Å². The number of nitrogen functional groups attached to an aromatic ring is 2. The molecule has 8 saturated carbocycles. The van der Waals surface area contributed by atoms with Crippen LogP contribution in [0.1, 0.15) is 142 Å². The van der Waals surface area contributed by atoms with Crippen LogP contribution in [-0.2, 0) is 37.9 Å². The van der Waals surface area contributed by atoms with Gasteiger partial charge in [-0.25, -0.2) is 24.4 Å². The van der Waals surface area contributed by atoms with Crippen molar-refractivity contribution in [3.05, 3.63) is 24.8 Å². The molecule has 4 aromatic heterocycles. The first-order valence-electron chi connectivity index (χ1n) is 28.5. The van der Waals surface area contributed by atoms with Crippen LogP contribution in [0.25, 0.3) is 22.3 Å². The lowest BCUT2D eigenvalue weighted by molar-refractivity contribution is -0.109. The quantitative estimate of drug-likeness (QED) is 0.0309. The number of hydrogen-bond donors (Lipinski definition) is 2. The van der Waals surface area contributed by atoms with Crippen molar-refractivity contribution >= 4 is 52.4 Å². The highest BCUT2D eigenvalue weighted by molar-refractivity contribution is 5.82. The van der Waals surface area contributed by atoms with Gasteiger partial charge in [0.25, 0.3) is 0 Å². The summed E-state index contributed by atoms with van der Waals surface area (Å²) in [5.74, 6) is 7.92. The topological polar surface area (TPSA) is 264 Å². The van der Waals surface area contributed by atoms with Gasteiger partial charge in [0, 0.05) is 24.7 Å². The minimum absolute atomic E-state index is 0.0102. The maximum absolute atomic E-state index is 14.6. The largest absolute Gasteiger partial charge is 0.508 e. The van der Waals surface area contributed by atoms with Crippen molar-refractivity contribution in [1.29, 1.82) is 0 Å². The van der Waals surface area contributed by atoms with Crippen molar-refractivity contribution in [2.75, 3.05) is 37.9 Å². The number of fused-ring (bicyclic) bond motifs is 2. The predicted molar refractivity (Wildman–Crippen MR) is 280 cm³/mol. The number of nitrogens with zero attached hydrogens (tertiary/aromatic N) is 8. The third-order valence-corrected chi connectivity index (χ3v) is 19.7.